The predicted octanol–water partition coefficient (Wildman–Crippen LogP) is 3.12. The van der Waals surface area contributed by atoms with Gasteiger partial charge in [0, 0.05) is 24.3 Å². The zero-order valence-electron chi connectivity index (χ0n) is 18.5. The molecule has 1 saturated carbocycles. The highest BCUT2D eigenvalue weighted by Gasteiger charge is 2.76. The molecule has 0 unspecified atom stereocenters. The Labute approximate surface area is 188 Å². The topological polar surface area (TPSA) is 83.6 Å². The van der Waals surface area contributed by atoms with E-state index in [1.165, 1.54) is 13.2 Å². The lowest BCUT2D eigenvalue weighted by Gasteiger charge is -2.42. The first-order valence-electron chi connectivity index (χ1n) is 11.4. The second kappa shape index (κ2) is 8.28. The van der Waals surface area contributed by atoms with Gasteiger partial charge in [-0.25, -0.2) is 4.79 Å². The van der Waals surface area contributed by atoms with E-state index >= 15 is 0 Å². The lowest BCUT2D eigenvalue weighted by molar-refractivity contribution is -0.293. The van der Waals surface area contributed by atoms with Crippen LogP contribution in [0.25, 0.3) is 6.08 Å². The number of benzene rings is 1. The number of rotatable bonds is 4. The molecule has 7 nitrogen and oxygen atoms in total. The van der Waals surface area contributed by atoms with Crippen molar-refractivity contribution in [2.24, 2.45) is 17.8 Å². The third kappa shape index (κ3) is 3.66. The van der Waals surface area contributed by atoms with E-state index in [9.17, 15) is 9.59 Å². The lowest BCUT2D eigenvalue weighted by atomic mass is 9.72. The molecular weight excluding hydrogens is 412 g/mol. The standard InChI is InChI=1S/C25H30O7/c1-16-14-29-25(13-21(16)31-22(26)11-8-17-6-4-3-5-7-17)24(15-30-24)19-10-9-18(23(27)28-2)12-20(19)32-25/h3-8,11,16,18-21H,9-10,12-15H2,1-2H3/b11-8+/t16-,18+,19+,20-,21+,24+,25+/m1/s1. The molecule has 4 fully saturated rings. The van der Waals surface area contributed by atoms with Crippen molar-refractivity contribution in [3.8, 4) is 0 Å². The summed E-state index contributed by atoms with van der Waals surface area (Å²) < 4.78 is 29.6. The van der Waals surface area contributed by atoms with Gasteiger partial charge in [0.1, 0.15) is 6.10 Å². The van der Waals surface area contributed by atoms with E-state index in [0.29, 0.717) is 26.1 Å². The van der Waals surface area contributed by atoms with Crippen molar-refractivity contribution in [1.29, 1.82) is 0 Å². The molecule has 0 amide bonds. The van der Waals surface area contributed by atoms with Crippen LogP contribution in [0, 0.1) is 17.8 Å². The first-order chi connectivity index (χ1) is 15.5. The van der Waals surface area contributed by atoms with Crippen LogP contribution in [0.15, 0.2) is 36.4 Å². The average Bonchev–Trinajstić information content (AvgIpc) is 3.58. The molecule has 1 aromatic rings. The molecule has 1 aromatic carbocycles. The number of hydrogen-bond acceptors (Lipinski definition) is 7. The molecule has 3 saturated heterocycles. The number of esters is 2. The van der Waals surface area contributed by atoms with E-state index in [1.807, 2.05) is 37.3 Å². The molecule has 1 aliphatic carbocycles. The van der Waals surface area contributed by atoms with E-state index in [2.05, 4.69) is 0 Å². The van der Waals surface area contributed by atoms with Gasteiger partial charge in [-0.15, -0.1) is 0 Å². The van der Waals surface area contributed by atoms with Crippen LogP contribution in [0.3, 0.4) is 0 Å². The van der Waals surface area contributed by atoms with Crippen LogP contribution >= 0.6 is 0 Å². The first-order valence-corrected chi connectivity index (χ1v) is 11.4. The summed E-state index contributed by atoms with van der Waals surface area (Å²) in [6.45, 7) is 3.01. The smallest absolute Gasteiger partial charge is 0.331 e. The van der Waals surface area contributed by atoms with Crippen molar-refractivity contribution < 1.29 is 33.3 Å². The fourth-order valence-electron chi connectivity index (χ4n) is 5.66. The van der Waals surface area contributed by atoms with Gasteiger partial charge in [0.15, 0.2) is 5.60 Å². The summed E-state index contributed by atoms with van der Waals surface area (Å²) in [6.07, 6.45) is 5.37. The van der Waals surface area contributed by atoms with Gasteiger partial charge in [-0.3, -0.25) is 4.79 Å². The Kier molecular flexibility index (Phi) is 5.60. The number of epoxide rings is 1. The maximum atomic E-state index is 12.5. The van der Waals surface area contributed by atoms with Crippen molar-refractivity contribution in [3.05, 3.63) is 42.0 Å². The van der Waals surface area contributed by atoms with Gasteiger partial charge < -0.3 is 23.7 Å². The van der Waals surface area contributed by atoms with Crippen LogP contribution < -0.4 is 0 Å². The van der Waals surface area contributed by atoms with Gasteiger partial charge in [0.05, 0.1) is 32.3 Å². The minimum atomic E-state index is -0.937. The van der Waals surface area contributed by atoms with E-state index in [-0.39, 0.29) is 41.9 Å². The van der Waals surface area contributed by atoms with Crippen LogP contribution in [0.4, 0.5) is 0 Å². The molecule has 0 N–H and O–H groups in total. The Morgan fingerprint density at radius 1 is 1.16 bits per heavy atom. The van der Waals surface area contributed by atoms with Gasteiger partial charge in [0.2, 0.25) is 5.79 Å². The predicted molar refractivity (Wildman–Crippen MR) is 114 cm³/mol. The van der Waals surface area contributed by atoms with Gasteiger partial charge in [-0.2, -0.15) is 0 Å². The third-order valence-corrected chi connectivity index (χ3v) is 7.53. The van der Waals surface area contributed by atoms with Crippen LogP contribution in [-0.4, -0.2) is 55.9 Å². The Morgan fingerprint density at radius 2 is 1.94 bits per heavy atom. The summed E-state index contributed by atoms with van der Waals surface area (Å²) in [5.74, 6) is -1.45. The fraction of sp³-hybridized carbons (Fsp3) is 0.600. The molecule has 32 heavy (non-hydrogen) atoms. The Morgan fingerprint density at radius 3 is 2.66 bits per heavy atom. The van der Waals surface area contributed by atoms with Crippen molar-refractivity contribution in [2.45, 2.75) is 56.2 Å². The van der Waals surface area contributed by atoms with Crippen molar-refractivity contribution in [1.82, 2.24) is 0 Å². The van der Waals surface area contributed by atoms with Crippen LogP contribution in [-0.2, 0) is 33.3 Å². The van der Waals surface area contributed by atoms with Gasteiger partial charge in [-0.05, 0) is 30.9 Å². The minimum Gasteiger partial charge on any atom is -0.469 e. The number of hydrogen-bond donors (Lipinski definition) is 0. The number of fused-ring (bicyclic) bond motifs is 3. The van der Waals surface area contributed by atoms with Gasteiger partial charge in [-0.1, -0.05) is 37.3 Å². The van der Waals surface area contributed by atoms with E-state index in [1.54, 1.807) is 6.08 Å². The summed E-state index contributed by atoms with van der Waals surface area (Å²) in [5.41, 5.74) is 0.429. The molecule has 0 bridgehead atoms. The van der Waals surface area contributed by atoms with E-state index < -0.39 is 11.4 Å². The molecular formula is C25H30O7. The van der Waals surface area contributed by atoms with Crippen LogP contribution in [0.5, 0.6) is 0 Å². The second-order valence-electron chi connectivity index (χ2n) is 9.44. The SMILES string of the molecule is COC(=O)[C@H]1CC[C@H]2[C@@H](C1)O[C@@]1(C[C@H](OC(=O)/C=C/c3ccccc3)[C@H](C)CO1)[C@]21CO1. The summed E-state index contributed by atoms with van der Waals surface area (Å²) >= 11 is 0. The number of methoxy groups -OCH3 is 1. The maximum Gasteiger partial charge on any atom is 0.331 e. The zero-order chi connectivity index (χ0) is 22.3. The molecule has 2 spiro atoms. The fourth-order valence-corrected chi connectivity index (χ4v) is 5.66. The number of ether oxygens (including phenoxy) is 5. The molecule has 3 heterocycles. The van der Waals surface area contributed by atoms with Gasteiger partial charge in [0.25, 0.3) is 0 Å². The van der Waals surface area contributed by atoms with E-state index in [4.69, 9.17) is 23.7 Å². The summed E-state index contributed by atoms with van der Waals surface area (Å²) in [4.78, 5) is 24.6. The molecule has 4 aliphatic rings. The Balaban J connectivity index is 1.29. The average molecular weight is 443 g/mol. The molecule has 0 radical (unpaired) electrons. The molecule has 172 valence electrons. The largest absolute Gasteiger partial charge is 0.469 e. The van der Waals surface area contributed by atoms with Crippen LogP contribution in [0.2, 0.25) is 0 Å². The summed E-state index contributed by atoms with van der Waals surface area (Å²) in [5, 5.41) is 0. The Bertz CT molecular complexity index is 893. The highest BCUT2D eigenvalue weighted by atomic mass is 16.8. The molecule has 3 aliphatic heterocycles. The monoisotopic (exact) mass is 442 g/mol. The minimum absolute atomic E-state index is 0.0412. The van der Waals surface area contributed by atoms with E-state index in [0.717, 1.165) is 18.4 Å². The third-order valence-electron chi connectivity index (χ3n) is 7.53. The van der Waals surface area contributed by atoms with Crippen molar-refractivity contribution >= 4 is 18.0 Å². The Hall–Kier alpha value is -2.22. The quantitative estimate of drug-likeness (QED) is 0.402. The maximum absolute atomic E-state index is 12.5. The second-order valence-corrected chi connectivity index (χ2v) is 9.44. The van der Waals surface area contributed by atoms with Crippen molar-refractivity contribution in [3.63, 3.8) is 0 Å². The molecule has 7 atom stereocenters. The summed E-state index contributed by atoms with van der Waals surface area (Å²) in [7, 11) is 1.42. The number of carbonyl (C=O) groups is 2. The normalized spacial score (nSPS) is 40.4. The molecule has 0 aromatic heterocycles. The molecule has 7 heteroatoms. The number of carbonyl (C=O) groups excluding carboxylic acids is 2. The van der Waals surface area contributed by atoms with Crippen molar-refractivity contribution in [2.75, 3.05) is 20.3 Å². The molecule has 5 rings (SSSR count). The van der Waals surface area contributed by atoms with Gasteiger partial charge >= 0.3 is 11.9 Å². The lowest BCUT2D eigenvalue weighted by Crippen LogP contribution is -2.55. The first kappa shape index (κ1) is 21.6. The van der Waals surface area contributed by atoms with Crippen LogP contribution in [0.1, 0.15) is 38.2 Å². The summed E-state index contributed by atoms with van der Waals surface area (Å²) in [6, 6.07) is 9.64. The zero-order valence-corrected chi connectivity index (χ0v) is 18.5. The highest BCUT2D eigenvalue weighted by Crippen LogP contribution is 2.62. The highest BCUT2D eigenvalue weighted by molar-refractivity contribution is 5.87.